The zero-order chi connectivity index (χ0) is 15.2. The molecule has 112 valence electrons. The maximum Gasteiger partial charge on any atom is 0.322 e. The molecule has 0 aliphatic rings. The summed E-state index contributed by atoms with van der Waals surface area (Å²) in [5, 5.41) is 6.03. The van der Waals surface area contributed by atoms with E-state index in [2.05, 4.69) is 25.6 Å². The Hall–Kier alpha value is -2.44. The molecular formula is C14H18FN5O. The molecule has 0 spiro atoms. The van der Waals surface area contributed by atoms with E-state index in [1.807, 2.05) is 6.92 Å². The summed E-state index contributed by atoms with van der Waals surface area (Å²) in [5.41, 5.74) is 1.03. The van der Waals surface area contributed by atoms with Gasteiger partial charge in [0.05, 0.1) is 7.11 Å². The topological polar surface area (TPSA) is 72.0 Å². The molecule has 0 radical (unpaired) electrons. The Morgan fingerprint density at radius 1 is 1.14 bits per heavy atom. The Labute approximate surface area is 122 Å². The average molecular weight is 291 g/mol. The molecule has 0 aliphatic heterocycles. The number of nitrogens with one attached hydrogen (secondary N) is 2. The summed E-state index contributed by atoms with van der Waals surface area (Å²) in [6.45, 7) is 2.00. The smallest absolute Gasteiger partial charge is 0.322 e. The fourth-order valence-electron chi connectivity index (χ4n) is 1.87. The van der Waals surface area contributed by atoms with E-state index in [1.54, 1.807) is 19.2 Å². The summed E-state index contributed by atoms with van der Waals surface area (Å²) in [4.78, 5) is 12.4. The number of anilines is 2. The van der Waals surface area contributed by atoms with Crippen molar-refractivity contribution in [2.45, 2.75) is 19.4 Å². The van der Waals surface area contributed by atoms with Crippen molar-refractivity contribution in [3.63, 3.8) is 0 Å². The number of methoxy groups -OCH3 is 1. The Kier molecular flexibility index (Phi) is 4.86. The molecule has 0 saturated carbocycles. The van der Waals surface area contributed by atoms with Crippen LogP contribution >= 0.6 is 0 Å². The van der Waals surface area contributed by atoms with Crippen LogP contribution in [0.3, 0.4) is 0 Å². The molecule has 2 N–H and O–H groups in total. The van der Waals surface area contributed by atoms with Crippen LogP contribution < -0.4 is 15.4 Å². The van der Waals surface area contributed by atoms with Gasteiger partial charge in [0, 0.05) is 13.1 Å². The molecule has 2 rings (SSSR count). The van der Waals surface area contributed by atoms with Gasteiger partial charge in [0.25, 0.3) is 0 Å². The molecule has 1 atom stereocenters. The van der Waals surface area contributed by atoms with Crippen LogP contribution in [0.15, 0.2) is 24.3 Å². The van der Waals surface area contributed by atoms with E-state index in [1.165, 1.54) is 19.2 Å². The van der Waals surface area contributed by atoms with Crippen molar-refractivity contribution in [2.75, 3.05) is 24.8 Å². The molecule has 21 heavy (non-hydrogen) atoms. The molecule has 0 saturated heterocycles. The fourth-order valence-corrected chi connectivity index (χ4v) is 1.87. The highest BCUT2D eigenvalue weighted by Gasteiger charge is 2.09. The molecule has 0 amide bonds. The third-order valence-corrected chi connectivity index (χ3v) is 2.85. The minimum atomic E-state index is -0.236. The van der Waals surface area contributed by atoms with E-state index in [0.717, 1.165) is 12.0 Å². The quantitative estimate of drug-likeness (QED) is 0.849. The van der Waals surface area contributed by atoms with Gasteiger partial charge in [-0.05, 0) is 31.0 Å². The SMILES string of the molecule is CNc1nc(NC(C)Cc2ccc(F)cc2)nc(OC)n1. The third kappa shape index (κ3) is 4.27. The zero-order valence-electron chi connectivity index (χ0n) is 12.2. The van der Waals surface area contributed by atoms with Gasteiger partial charge in [-0.1, -0.05) is 12.1 Å². The van der Waals surface area contributed by atoms with Crippen LogP contribution in [-0.2, 0) is 6.42 Å². The molecule has 1 heterocycles. The molecule has 1 unspecified atom stereocenters. The van der Waals surface area contributed by atoms with Crippen LogP contribution in [0.4, 0.5) is 16.3 Å². The van der Waals surface area contributed by atoms with Gasteiger partial charge in [0.1, 0.15) is 5.82 Å². The number of hydrogen-bond acceptors (Lipinski definition) is 6. The van der Waals surface area contributed by atoms with Crippen LogP contribution in [0.5, 0.6) is 6.01 Å². The highest BCUT2D eigenvalue weighted by atomic mass is 19.1. The molecule has 0 bridgehead atoms. The van der Waals surface area contributed by atoms with Gasteiger partial charge in [-0.2, -0.15) is 15.0 Å². The second-order valence-corrected chi connectivity index (χ2v) is 4.60. The monoisotopic (exact) mass is 291 g/mol. The lowest BCUT2D eigenvalue weighted by atomic mass is 10.1. The number of nitrogens with zero attached hydrogens (tertiary/aromatic N) is 3. The van der Waals surface area contributed by atoms with Crippen molar-refractivity contribution in [3.8, 4) is 6.01 Å². The highest BCUT2D eigenvalue weighted by molar-refractivity contribution is 5.36. The molecule has 7 heteroatoms. The molecule has 6 nitrogen and oxygen atoms in total. The largest absolute Gasteiger partial charge is 0.467 e. The van der Waals surface area contributed by atoms with Gasteiger partial charge in [0.2, 0.25) is 11.9 Å². The predicted octanol–water partition coefficient (Wildman–Crippen LogP) is 2.10. The number of rotatable bonds is 6. The average Bonchev–Trinajstić information content (AvgIpc) is 2.49. The van der Waals surface area contributed by atoms with Gasteiger partial charge >= 0.3 is 6.01 Å². The second kappa shape index (κ2) is 6.83. The van der Waals surface area contributed by atoms with Gasteiger partial charge < -0.3 is 15.4 Å². The normalized spacial score (nSPS) is 11.8. The summed E-state index contributed by atoms with van der Waals surface area (Å²) in [5.74, 6) is 0.624. The standard InChI is InChI=1S/C14H18FN5O/c1-9(8-10-4-6-11(15)7-5-10)17-13-18-12(16-2)19-14(20-13)21-3/h4-7,9H,8H2,1-3H3,(H2,16,17,18,19,20). The first-order chi connectivity index (χ1) is 10.1. The Bertz CT molecular complexity index is 568. The van der Waals surface area contributed by atoms with Crippen molar-refractivity contribution < 1.29 is 9.13 Å². The maximum atomic E-state index is 12.9. The molecule has 0 fully saturated rings. The van der Waals surface area contributed by atoms with E-state index in [-0.39, 0.29) is 17.9 Å². The Morgan fingerprint density at radius 3 is 2.43 bits per heavy atom. The maximum absolute atomic E-state index is 12.9. The van der Waals surface area contributed by atoms with Crippen molar-refractivity contribution in [3.05, 3.63) is 35.6 Å². The minimum absolute atomic E-state index is 0.0762. The van der Waals surface area contributed by atoms with E-state index in [9.17, 15) is 4.39 Å². The van der Waals surface area contributed by atoms with Gasteiger partial charge in [-0.3, -0.25) is 0 Å². The van der Waals surface area contributed by atoms with E-state index < -0.39 is 0 Å². The summed E-state index contributed by atoms with van der Waals surface area (Å²) >= 11 is 0. The third-order valence-electron chi connectivity index (χ3n) is 2.85. The first-order valence-corrected chi connectivity index (χ1v) is 6.59. The molecule has 2 aromatic rings. The number of halogens is 1. The number of benzene rings is 1. The van der Waals surface area contributed by atoms with E-state index in [0.29, 0.717) is 11.9 Å². The molecule has 1 aromatic carbocycles. The van der Waals surface area contributed by atoms with Crippen molar-refractivity contribution in [2.24, 2.45) is 0 Å². The summed E-state index contributed by atoms with van der Waals surface area (Å²) in [7, 11) is 3.22. The van der Waals surface area contributed by atoms with Gasteiger partial charge in [0.15, 0.2) is 0 Å². The van der Waals surface area contributed by atoms with Crippen LogP contribution in [-0.4, -0.2) is 35.2 Å². The first-order valence-electron chi connectivity index (χ1n) is 6.59. The highest BCUT2D eigenvalue weighted by Crippen LogP contribution is 2.13. The Morgan fingerprint density at radius 2 is 1.81 bits per heavy atom. The fraction of sp³-hybridized carbons (Fsp3) is 0.357. The zero-order valence-corrected chi connectivity index (χ0v) is 12.2. The lowest BCUT2D eigenvalue weighted by Gasteiger charge is -2.14. The van der Waals surface area contributed by atoms with Crippen LogP contribution in [0, 0.1) is 5.82 Å². The summed E-state index contributed by atoms with van der Waals surface area (Å²) < 4.78 is 17.9. The van der Waals surface area contributed by atoms with Gasteiger partial charge in [-0.25, -0.2) is 4.39 Å². The lowest BCUT2D eigenvalue weighted by Crippen LogP contribution is -2.20. The van der Waals surface area contributed by atoms with Crippen molar-refractivity contribution in [1.82, 2.24) is 15.0 Å². The van der Waals surface area contributed by atoms with Crippen molar-refractivity contribution in [1.29, 1.82) is 0 Å². The minimum Gasteiger partial charge on any atom is -0.467 e. The number of hydrogen-bond donors (Lipinski definition) is 2. The number of ether oxygens (including phenoxy) is 1. The first kappa shape index (κ1) is 15.0. The lowest BCUT2D eigenvalue weighted by molar-refractivity contribution is 0.379. The van der Waals surface area contributed by atoms with Crippen LogP contribution in [0.2, 0.25) is 0 Å². The molecule has 1 aromatic heterocycles. The molecule has 0 aliphatic carbocycles. The predicted molar refractivity (Wildman–Crippen MR) is 79.1 cm³/mol. The summed E-state index contributed by atoms with van der Waals surface area (Å²) in [6.07, 6.45) is 0.725. The van der Waals surface area contributed by atoms with Crippen LogP contribution in [0.25, 0.3) is 0 Å². The van der Waals surface area contributed by atoms with Crippen LogP contribution in [0.1, 0.15) is 12.5 Å². The second-order valence-electron chi connectivity index (χ2n) is 4.60. The van der Waals surface area contributed by atoms with E-state index in [4.69, 9.17) is 4.74 Å². The molecular weight excluding hydrogens is 273 g/mol. The van der Waals surface area contributed by atoms with Crippen molar-refractivity contribution >= 4 is 11.9 Å². The Balaban J connectivity index is 2.04. The van der Waals surface area contributed by atoms with E-state index >= 15 is 0 Å². The number of aromatic nitrogens is 3. The van der Waals surface area contributed by atoms with Gasteiger partial charge in [-0.15, -0.1) is 0 Å². The summed E-state index contributed by atoms with van der Waals surface area (Å²) in [6, 6.07) is 6.75.